The summed E-state index contributed by atoms with van der Waals surface area (Å²) in [6, 6.07) is 11.2. The van der Waals surface area contributed by atoms with Crippen LogP contribution in [-0.4, -0.2) is 68.6 Å². The molecule has 0 radical (unpaired) electrons. The topological polar surface area (TPSA) is 119 Å². The van der Waals surface area contributed by atoms with E-state index in [2.05, 4.69) is 20.2 Å². The van der Waals surface area contributed by atoms with Gasteiger partial charge in [-0.15, -0.1) is 0 Å². The molecule has 1 saturated carbocycles. The van der Waals surface area contributed by atoms with E-state index in [1.807, 2.05) is 37.4 Å². The third-order valence-corrected chi connectivity index (χ3v) is 8.57. The van der Waals surface area contributed by atoms with Crippen LogP contribution in [0.1, 0.15) is 53.0 Å². The first-order valence-electron chi connectivity index (χ1n) is 12.3. The minimum atomic E-state index is -1.10. The van der Waals surface area contributed by atoms with Crippen LogP contribution >= 0.6 is 0 Å². The van der Waals surface area contributed by atoms with E-state index in [1.165, 1.54) is 0 Å². The molecule has 3 unspecified atom stereocenters. The molecule has 35 heavy (non-hydrogen) atoms. The molecule has 2 heterocycles. The molecule has 3 aromatic rings. The predicted molar refractivity (Wildman–Crippen MR) is 130 cm³/mol. The van der Waals surface area contributed by atoms with Crippen LogP contribution in [0.15, 0.2) is 36.4 Å². The maximum atomic E-state index is 13.1. The third-order valence-electron chi connectivity index (χ3n) is 8.57. The van der Waals surface area contributed by atoms with Crippen molar-refractivity contribution < 1.29 is 19.8 Å². The zero-order chi connectivity index (χ0) is 24.4. The SMILES string of the molecule is CN1CCC23CC(=O)CCC2(O)C1Cc1ccc(C(=O)NCCc2nc4ccccc4[nH]2)c(O)c13. The van der Waals surface area contributed by atoms with Crippen molar-refractivity contribution in [2.45, 2.75) is 55.6 Å². The Balaban J connectivity index is 1.29. The Kier molecular flexibility index (Phi) is 5.02. The average molecular weight is 475 g/mol. The van der Waals surface area contributed by atoms with Gasteiger partial charge in [0.2, 0.25) is 0 Å². The number of likely N-dealkylation sites (N-methyl/N-ethyl adjacent to an activating group) is 1. The Bertz CT molecular complexity index is 1320. The molecule has 2 fully saturated rings. The molecule has 3 atom stereocenters. The van der Waals surface area contributed by atoms with Crippen LogP contribution < -0.4 is 5.32 Å². The highest BCUT2D eigenvalue weighted by molar-refractivity contribution is 5.98. The smallest absolute Gasteiger partial charge is 0.255 e. The largest absolute Gasteiger partial charge is 0.507 e. The number of phenolic OH excluding ortho intramolecular Hbond substituents is 1. The van der Waals surface area contributed by atoms with E-state index in [0.29, 0.717) is 44.2 Å². The van der Waals surface area contributed by atoms with Crippen molar-refractivity contribution in [1.29, 1.82) is 0 Å². The number of piperidine rings is 1. The number of phenols is 1. The number of aromatic amines is 1. The van der Waals surface area contributed by atoms with Gasteiger partial charge in [0.15, 0.2) is 0 Å². The second-order valence-corrected chi connectivity index (χ2v) is 10.4. The van der Waals surface area contributed by atoms with Crippen molar-refractivity contribution in [3.63, 3.8) is 0 Å². The van der Waals surface area contributed by atoms with Crippen molar-refractivity contribution >= 4 is 22.7 Å². The number of benzene rings is 2. The lowest BCUT2D eigenvalue weighted by molar-refractivity contribution is -0.169. The van der Waals surface area contributed by atoms with Crippen LogP contribution in [0.25, 0.3) is 11.0 Å². The summed E-state index contributed by atoms with van der Waals surface area (Å²) in [5, 5.41) is 26.3. The van der Waals surface area contributed by atoms with Gasteiger partial charge < -0.3 is 25.4 Å². The zero-order valence-corrected chi connectivity index (χ0v) is 19.8. The van der Waals surface area contributed by atoms with Gasteiger partial charge in [0.1, 0.15) is 17.4 Å². The number of aromatic hydroxyl groups is 1. The number of aliphatic hydroxyl groups is 1. The van der Waals surface area contributed by atoms with Crippen molar-refractivity contribution in [2.24, 2.45) is 0 Å². The molecule has 8 nitrogen and oxygen atoms in total. The van der Waals surface area contributed by atoms with Crippen molar-refractivity contribution in [3.8, 4) is 5.75 Å². The van der Waals surface area contributed by atoms with Crippen LogP contribution in [-0.2, 0) is 23.1 Å². The number of carbonyl (C=O) groups excluding carboxylic acids is 2. The molecule has 1 aromatic heterocycles. The number of fused-ring (bicyclic) bond motifs is 2. The van der Waals surface area contributed by atoms with E-state index in [0.717, 1.165) is 29.0 Å². The van der Waals surface area contributed by atoms with Gasteiger partial charge in [-0.05, 0) is 56.6 Å². The molecule has 182 valence electrons. The van der Waals surface area contributed by atoms with Gasteiger partial charge >= 0.3 is 0 Å². The monoisotopic (exact) mass is 474 g/mol. The molecule has 1 amide bonds. The van der Waals surface area contributed by atoms with Gasteiger partial charge in [-0.3, -0.25) is 9.59 Å². The van der Waals surface area contributed by atoms with E-state index in [1.54, 1.807) is 6.07 Å². The molecular formula is C27H30N4O4. The standard InChI is InChI=1S/C27H30N4O4/c1-31-13-11-26-15-17(32)8-10-27(26,35)21(31)14-16-6-7-18(24(33)23(16)26)25(34)28-12-9-22-29-19-4-2-3-5-20(19)30-22/h2-7,21,33,35H,8-15H2,1H3,(H,28,34)(H,29,30). The lowest BCUT2D eigenvalue weighted by Crippen LogP contribution is -2.72. The van der Waals surface area contributed by atoms with E-state index >= 15 is 0 Å². The van der Waals surface area contributed by atoms with Crippen LogP contribution in [0.4, 0.5) is 0 Å². The maximum absolute atomic E-state index is 13.1. The molecular weight excluding hydrogens is 444 g/mol. The molecule has 1 saturated heterocycles. The number of imidazole rings is 1. The predicted octanol–water partition coefficient (Wildman–Crippen LogP) is 2.22. The first kappa shape index (κ1) is 22.2. The highest BCUT2D eigenvalue weighted by Gasteiger charge is 2.65. The number of aromatic nitrogens is 2. The first-order valence-corrected chi connectivity index (χ1v) is 12.3. The van der Waals surface area contributed by atoms with Crippen LogP contribution in [0.3, 0.4) is 0 Å². The molecule has 4 N–H and O–H groups in total. The summed E-state index contributed by atoms with van der Waals surface area (Å²) in [5.74, 6) is 0.410. The second kappa shape index (κ2) is 7.90. The number of H-pyrrole nitrogens is 1. The lowest BCUT2D eigenvalue weighted by Gasteiger charge is -2.62. The van der Waals surface area contributed by atoms with Crippen molar-refractivity contribution in [1.82, 2.24) is 20.2 Å². The maximum Gasteiger partial charge on any atom is 0.255 e. The third kappa shape index (κ3) is 3.23. The van der Waals surface area contributed by atoms with Crippen molar-refractivity contribution in [3.05, 3.63) is 58.9 Å². The Hall–Kier alpha value is -3.23. The van der Waals surface area contributed by atoms with Gasteiger partial charge in [0, 0.05) is 42.8 Å². The number of amides is 1. The number of hydrogen-bond acceptors (Lipinski definition) is 6. The molecule has 6 rings (SSSR count). The summed E-state index contributed by atoms with van der Waals surface area (Å²) in [4.78, 5) is 35.7. The Morgan fingerprint density at radius 3 is 2.91 bits per heavy atom. The number of para-hydroxylation sites is 2. The summed E-state index contributed by atoms with van der Waals surface area (Å²) < 4.78 is 0. The van der Waals surface area contributed by atoms with E-state index in [9.17, 15) is 19.8 Å². The minimum Gasteiger partial charge on any atom is -0.507 e. The Morgan fingerprint density at radius 1 is 1.26 bits per heavy atom. The number of carbonyl (C=O) groups is 2. The van der Waals surface area contributed by atoms with Gasteiger partial charge in [-0.2, -0.15) is 0 Å². The van der Waals surface area contributed by atoms with E-state index in [4.69, 9.17) is 0 Å². The summed E-state index contributed by atoms with van der Waals surface area (Å²) in [6.07, 6.45) is 2.61. The fraction of sp³-hybridized carbons (Fsp3) is 0.444. The van der Waals surface area contributed by atoms with Gasteiger partial charge in [0.25, 0.3) is 5.91 Å². The molecule has 2 aliphatic carbocycles. The number of ketones is 1. The number of nitrogens with zero attached hydrogens (tertiary/aromatic N) is 2. The van der Waals surface area contributed by atoms with Gasteiger partial charge in [-0.25, -0.2) is 4.98 Å². The minimum absolute atomic E-state index is 0.0973. The highest BCUT2D eigenvalue weighted by atomic mass is 16.3. The Morgan fingerprint density at radius 2 is 2.09 bits per heavy atom. The molecule has 2 aromatic carbocycles. The van der Waals surface area contributed by atoms with Crippen LogP contribution in [0.2, 0.25) is 0 Å². The number of rotatable bonds is 4. The average Bonchev–Trinajstić information content (AvgIpc) is 3.24. The van der Waals surface area contributed by atoms with Gasteiger partial charge in [0.05, 0.1) is 22.2 Å². The van der Waals surface area contributed by atoms with E-state index in [-0.39, 0.29) is 35.5 Å². The number of Topliss-reactive ketones (excluding diaryl/α,β-unsaturated/α-hetero) is 1. The summed E-state index contributed by atoms with van der Waals surface area (Å²) in [6.45, 7) is 1.09. The molecule has 8 heteroatoms. The summed E-state index contributed by atoms with van der Waals surface area (Å²) in [7, 11) is 2.01. The van der Waals surface area contributed by atoms with E-state index < -0.39 is 11.0 Å². The molecule has 2 bridgehead atoms. The Labute approximate surface area is 203 Å². The summed E-state index contributed by atoms with van der Waals surface area (Å²) >= 11 is 0. The number of nitrogens with one attached hydrogen (secondary N) is 2. The van der Waals surface area contributed by atoms with Crippen LogP contribution in [0.5, 0.6) is 5.75 Å². The fourth-order valence-corrected chi connectivity index (χ4v) is 6.82. The fourth-order valence-electron chi connectivity index (χ4n) is 6.82. The second-order valence-electron chi connectivity index (χ2n) is 10.4. The van der Waals surface area contributed by atoms with Gasteiger partial charge in [-0.1, -0.05) is 18.2 Å². The highest BCUT2D eigenvalue weighted by Crippen LogP contribution is 2.59. The number of hydrogen-bond donors (Lipinski definition) is 4. The summed E-state index contributed by atoms with van der Waals surface area (Å²) in [5.41, 5.74) is 1.56. The van der Waals surface area contributed by atoms with Crippen molar-refractivity contribution in [2.75, 3.05) is 20.1 Å². The lowest BCUT2D eigenvalue weighted by atomic mass is 9.49. The molecule has 1 aliphatic heterocycles. The molecule has 0 spiro atoms. The van der Waals surface area contributed by atoms with Crippen LogP contribution in [0, 0.1) is 0 Å². The first-order chi connectivity index (χ1) is 16.8. The molecule has 3 aliphatic rings. The normalized spacial score (nSPS) is 27.9. The quantitative estimate of drug-likeness (QED) is 0.461. The number of likely N-dealkylation sites (tertiary alicyclic amines) is 1. The zero-order valence-electron chi connectivity index (χ0n) is 19.8.